The summed E-state index contributed by atoms with van der Waals surface area (Å²) in [6.07, 6.45) is 0.908. The van der Waals surface area contributed by atoms with Gasteiger partial charge in [-0.3, -0.25) is 0 Å². The Morgan fingerprint density at radius 2 is 1.93 bits per heavy atom. The van der Waals surface area contributed by atoms with Gasteiger partial charge in [-0.25, -0.2) is 4.79 Å². The van der Waals surface area contributed by atoms with Crippen molar-refractivity contribution in [2.75, 3.05) is 31.7 Å². The number of aromatic carboxylic acids is 1. The Labute approximate surface area is 167 Å². The SMILES string of the molecule is COc1ccc(-c2onc(N3CC4(COc5ccccc5C4)C3)c2C(=O)O)cc1. The van der Waals surface area contributed by atoms with E-state index in [-0.39, 0.29) is 16.7 Å². The van der Waals surface area contributed by atoms with Gasteiger partial charge >= 0.3 is 5.97 Å². The Hall–Kier alpha value is -3.48. The highest BCUT2D eigenvalue weighted by Gasteiger charge is 2.48. The van der Waals surface area contributed by atoms with E-state index in [1.54, 1.807) is 31.4 Å². The third kappa shape index (κ3) is 2.90. The van der Waals surface area contributed by atoms with Gasteiger partial charge in [0.25, 0.3) is 0 Å². The first kappa shape index (κ1) is 17.6. The molecule has 0 atom stereocenters. The minimum absolute atomic E-state index is 0.0245. The minimum atomic E-state index is -1.06. The van der Waals surface area contributed by atoms with Gasteiger partial charge < -0.3 is 24.0 Å². The highest BCUT2D eigenvalue weighted by molar-refractivity contribution is 5.99. The predicted molar refractivity (Wildman–Crippen MR) is 106 cm³/mol. The van der Waals surface area contributed by atoms with Crippen molar-refractivity contribution in [3.63, 3.8) is 0 Å². The standard InChI is InChI=1S/C22H20N2O5/c1-27-16-8-6-14(7-9-16)19-18(21(25)26)20(23-29-19)24-11-22(12-24)10-15-4-2-3-5-17(15)28-13-22/h2-9H,10-13H2,1H3,(H,25,26). The highest BCUT2D eigenvalue weighted by Crippen LogP contribution is 2.44. The van der Waals surface area contributed by atoms with Crippen LogP contribution in [0.1, 0.15) is 15.9 Å². The highest BCUT2D eigenvalue weighted by atomic mass is 16.5. The maximum atomic E-state index is 12.0. The van der Waals surface area contributed by atoms with E-state index in [0.29, 0.717) is 36.8 Å². The van der Waals surface area contributed by atoms with Crippen LogP contribution >= 0.6 is 0 Å². The van der Waals surface area contributed by atoms with Crippen LogP contribution in [0.3, 0.4) is 0 Å². The lowest BCUT2D eigenvalue weighted by Crippen LogP contribution is -2.61. The Morgan fingerprint density at radius 3 is 2.66 bits per heavy atom. The molecule has 1 spiro atoms. The molecule has 0 bridgehead atoms. The molecule has 0 saturated carbocycles. The number of carbonyl (C=O) groups is 1. The lowest BCUT2D eigenvalue weighted by molar-refractivity contribution is 0.0692. The Balaban J connectivity index is 1.40. The maximum Gasteiger partial charge on any atom is 0.343 e. The quantitative estimate of drug-likeness (QED) is 0.727. The summed E-state index contributed by atoms with van der Waals surface area (Å²) < 4.78 is 16.6. The molecule has 2 aliphatic rings. The van der Waals surface area contributed by atoms with E-state index < -0.39 is 5.97 Å². The first-order valence-electron chi connectivity index (χ1n) is 9.42. The molecule has 1 N–H and O–H groups in total. The topological polar surface area (TPSA) is 85.0 Å². The van der Waals surface area contributed by atoms with E-state index in [1.807, 2.05) is 23.1 Å². The van der Waals surface area contributed by atoms with Crippen molar-refractivity contribution in [2.24, 2.45) is 5.41 Å². The van der Waals surface area contributed by atoms with Gasteiger partial charge in [-0.05, 0) is 42.3 Å². The Bertz CT molecular complexity index is 1070. The Kier molecular flexibility index (Phi) is 3.97. The van der Waals surface area contributed by atoms with E-state index in [9.17, 15) is 9.90 Å². The molecule has 0 unspecified atom stereocenters. The summed E-state index contributed by atoms with van der Waals surface area (Å²) in [5, 5.41) is 13.9. The van der Waals surface area contributed by atoms with Crippen molar-refractivity contribution in [3.05, 3.63) is 59.7 Å². The molecule has 7 heteroatoms. The second kappa shape index (κ2) is 6.55. The van der Waals surface area contributed by atoms with Crippen LogP contribution in [-0.4, -0.2) is 43.0 Å². The van der Waals surface area contributed by atoms with Crippen LogP contribution in [0.25, 0.3) is 11.3 Å². The molecule has 29 heavy (non-hydrogen) atoms. The minimum Gasteiger partial charge on any atom is -0.497 e. The number of hydrogen-bond acceptors (Lipinski definition) is 6. The van der Waals surface area contributed by atoms with E-state index in [4.69, 9.17) is 14.0 Å². The van der Waals surface area contributed by atoms with E-state index in [1.165, 1.54) is 5.56 Å². The van der Waals surface area contributed by atoms with Crippen LogP contribution in [0.4, 0.5) is 5.82 Å². The van der Waals surface area contributed by atoms with Crippen molar-refractivity contribution in [2.45, 2.75) is 6.42 Å². The zero-order chi connectivity index (χ0) is 20.0. The van der Waals surface area contributed by atoms with Gasteiger partial charge in [-0.2, -0.15) is 0 Å². The van der Waals surface area contributed by atoms with Crippen LogP contribution in [-0.2, 0) is 6.42 Å². The summed E-state index contributed by atoms with van der Waals surface area (Å²) in [6, 6.07) is 15.1. The number of methoxy groups -OCH3 is 1. The zero-order valence-corrected chi connectivity index (χ0v) is 15.9. The van der Waals surface area contributed by atoms with Crippen LogP contribution in [0.5, 0.6) is 11.5 Å². The molecule has 3 heterocycles. The van der Waals surface area contributed by atoms with Crippen molar-refractivity contribution in [1.29, 1.82) is 0 Å². The molecule has 148 valence electrons. The average molecular weight is 392 g/mol. The average Bonchev–Trinajstić information content (AvgIpc) is 3.16. The van der Waals surface area contributed by atoms with Crippen molar-refractivity contribution < 1.29 is 23.9 Å². The molecule has 0 aliphatic carbocycles. The zero-order valence-electron chi connectivity index (χ0n) is 15.9. The van der Waals surface area contributed by atoms with E-state index >= 15 is 0 Å². The van der Waals surface area contributed by atoms with E-state index in [2.05, 4.69) is 11.2 Å². The van der Waals surface area contributed by atoms with Gasteiger partial charge in [0.15, 0.2) is 17.1 Å². The summed E-state index contributed by atoms with van der Waals surface area (Å²) in [5.74, 6) is 1.19. The summed E-state index contributed by atoms with van der Waals surface area (Å²) in [4.78, 5) is 14.0. The summed E-state index contributed by atoms with van der Waals surface area (Å²) in [7, 11) is 1.58. The number of nitrogens with zero attached hydrogens (tertiary/aromatic N) is 2. The number of anilines is 1. The molecule has 1 aromatic heterocycles. The van der Waals surface area contributed by atoms with E-state index in [0.717, 1.165) is 12.2 Å². The lowest BCUT2D eigenvalue weighted by Gasteiger charge is -2.52. The molecular formula is C22H20N2O5. The molecule has 5 rings (SSSR count). The smallest absolute Gasteiger partial charge is 0.343 e. The molecular weight excluding hydrogens is 372 g/mol. The number of carboxylic acids is 1. The van der Waals surface area contributed by atoms with Crippen molar-refractivity contribution >= 4 is 11.8 Å². The van der Waals surface area contributed by atoms with Gasteiger partial charge in [-0.15, -0.1) is 0 Å². The predicted octanol–water partition coefficient (Wildman–Crippen LogP) is 3.49. The van der Waals surface area contributed by atoms with Crippen molar-refractivity contribution in [1.82, 2.24) is 5.16 Å². The number of aromatic nitrogens is 1. The van der Waals surface area contributed by atoms with Crippen LogP contribution in [0, 0.1) is 5.41 Å². The van der Waals surface area contributed by atoms with Gasteiger partial charge in [0.05, 0.1) is 13.7 Å². The third-order valence-electron chi connectivity index (χ3n) is 5.66. The lowest BCUT2D eigenvalue weighted by atomic mass is 9.74. The normalized spacial score (nSPS) is 16.7. The molecule has 1 saturated heterocycles. The fourth-order valence-electron chi connectivity index (χ4n) is 4.22. The number of ether oxygens (including phenoxy) is 2. The summed E-state index contributed by atoms with van der Waals surface area (Å²) >= 11 is 0. The maximum absolute atomic E-state index is 12.0. The van der Waals surface area contributed by atoms with Crippen molar-refractivity contribution in [3.8, 4) is 22.8 Å². The van der Waals surface area contributed by atoms with Crippen LogP contribution in [0.15, 0.2) is 53.1 Å². The largest absolute Gasteiger partial charge is 0.497 e. The Morgan fingerprint density at radius 1 is 1.17 bits per heavy atom. The van der Waals surface area contributed by atoms with Gasteiger partial charge in [-0.1, -0.05) is 23.4 Å². The number of rotatable bonds is 4. The molecule has 0 radical (unpaired) electrons. The number of benzene rings is 2. The number of para-hydroxylation sites is 1. The third-order valence-corrected chi connectivity index (χ3v) is 5.66. The van der Waals surface area contributed by atoms with Gasteiger partial charge in [0.1, 0.15) is 11.5 Å². The molecule has 0 amide bonds. The molecule has 1 fully saturated rings. The monoisotopic (exact) mass is 392 g/mol. The first-order chi connectivity index (χ1) is 14.1. The fourth-order valence-corrected chi connectivity index (χ4v) is 4.22. The number of hydrogen-bond donors (Lipinski definition) is 1. The second-order valence-corrected chi connectivity index (χ2v) is 7.67. The summed E-state index contributed by atoms with van der Waals surface area (Å²) in [6.45, 7) is 1.97. The number of carboxylic acid groups (broad SMARTS) is 1. The van der Waals surface area contributed by atoms with Gasteiger partial charge in [0, 0.05) is 24.1 Å². The summed E-state index contributed by atoms with van der Waals surface area (Å²) in [5.41, 5.74) is 1.90. The van der Waals surface area contributed by atoms with Gasteiger partial charge in [0.2, 0.25) is 0 Å². The fraction of sp³-hybridized carbons (Fsp3) is 0.273. The number of fused-ring (bicyclic) bond motifs is 1. The van der Waals surface area contributed by atoms with Crippen LogP contribution < -0.4 is 14.4 Å². The second-order valence-electron chi connectivity index (χ2n) is 7.67. The first-order valence-corrected chi connectivity index (χ1v) is 9.42. The van der Waals surface area contributed by atoms with Crippen LogP contribution in [0.2, 0.25) is 0 Å². The molecule has 2 aromatic carbocycles. The molecule has 2 aliphatic heterocycles. The molecule has 7 nitrogen and oxygen atoms in total. The molecule has 3 aromatic rings.